The minimum absolute atomic E-state index is 0.0426. The lowest BCUT2D eigenvalue weighted by atomic mass is 9.99. The highest BCUT2D eigenvalue weighted by atomic mass is 16.5. The number of rotatable bonds is 6. The van der Waals surface area contributed by atoms with E-state index in [0.717, 1.165) is 22.6 Å². The fourth-order valence-electron chi connectivity index (χ4n) is 2.16. The molecule has 0 aliphatic heterocycles. The predicted molar refractivity (Wildman–Crippen MR) is 88.6 cm³/mol. The summed E-state index contributed by atoms with van der Waals surface area (Å²) < 4.78 is 10.3. The number of ether oxygens (including phenoxy) is 2. The van der Waals surface area contributed by atoms with E-state index in [1.54, 1.807) is 38.5 Å². The summed E-state index contributed by atoms with van der Waals surface area (Å²) in [6, 6.07) is 14.8. The Morgan fingerprint density at radius 2 is 1.41 bits per heavy atom. The number of carbonyl (C=O) groups excluding carboxylic acids is 1. The average molecular weight is 296 g/mol. The Hall–Kier alpha value is -2.55. The van der Waals surface area contributed by atoms with Crippen molar-refractivity contribution in [2.24, 2.45) is 0 Å². The van der Waals surface area contributed by atoms with Gasteiger partial charge in [0.25, 0.3) is 0 Å². The van der Waals surface area contributed by atoms with Crippen LogP contribution in [0.5, 0.6) is 11.5 Å². The van der Waals surface area contributed by atoms with Crippen LogP contribution in [0.3, 0.4) is 0 Å². The van der Waals surface area contributed by atoms with Gasteiger partial charge in [-0.25, -0.2) is 0 Å². The smallest absolute Gasteiger partial charge is 0.189 e. The Balaban J connectivity index is 2.24. The van der Waals surface area contributed by atoms with E-state index in [0.29, 0.717) is 12.0 Å². The number of Topliss-reactive ketones (excluding diaryl/α,β-unsaturated/α-hetero) is 1. The number of allylic oxidation sites excluding steroid dienone is 1. The summed E-state index contributed by atoms with van der Waals surface area (Å²) in [6.07, 6.45) is 2.60. The van der Waals surface area contributed by atoms with E-state index in [4.69, 9.17) is 9.47 Å². The van der Waals surface area contributed by atoms with Gasteiger partial charge in [-0.05, 0) is 54.5 Å². The molecule has 0 saturated carbocycles. The number of carbonyl (C=O) groups is 1. The van der Waals surface area contributed by atoms with Crippen molar-refractivity contribution >= 4 is 11.9 Å². The van der Waals surface area contributed by atoms with Crippen LogP contribution in [0.2, 0.25) is 0 Å². The van der Waals surface area contributed by atoms with Gasteiger partial charge in [-0.1, -0.05) is 19.1 Å². The highest BCUT2D eigenvalue weighted by molar-refractivity contribution is 6.11. The average Bonchev–Trinajstić information content (AvgIpc) is 2.59. The lowest BCUT2D eigenvalue weighted by molar-refractivity contribution is 0.103. The van der Waals surface area contributed by atoms with E-state index in [2.05, 4.69) is 0 Å². The van der Waals surface area contributed by atoms with Gasteiger partial charge in [0, 0.05) is 11.1 Å². The summed E-state index contributed by atoms with van der Waals surface area (Å²) in [7, 11) is 3.24. The first-order valence-corrected chi connectivity index (χ1v) is 7.21. The highest BCUT2D eigenvalue weighted by Gasteiger charge is 2.11. The van der Waals surface area contributed by atoms with Gasteiger partial charge in [-0.3, -0.25) is 4.79 Å². The third-order valence-corrected chi connectivity index (χ3v) is 3.48. The number of ketones is 1. The van der Waals surface area contributed by atoms with Crippen LogP contribution in [0.4, 0.5) is 0 Å². The van der Waals surface area contributed by atoms with Gasteiger partial charge in [-0.15, -0.1) is 0 Å². The molecule has 0 heterocycles. The molecule has 0 radical (unpaired) electrons. The van der Waals surface area contributed by atoms with Crippen molar-refractivity contribution in [1.82, 2.24) is 0 Å². The van der Waals surface area contributed by atoms with Gasteiger partial charge in [0.2, 0.25) is 0 Å². The molecular formula is C19H20O3. The summed E-state index contributed by atoms with van der Waals surface area (Å²) in [5.41, 5.74) is 2.43. The van der Waals surface area contributed by atoms with E-state index in [9.17, 15) is 4.79 Å². The lowest BCUT2D eigenvalue weighted by Gasteiger charge is -2.06. The van der Waals surface area contributed by atoms with E-state index in [-0.39, 0.29) is 5.78 Å². The van der Waals surface area contributed by atoms with Gasteiger partial charge in [-0.2, -0.15) is 0 Å². The summed E-state index contributed by atoms with van der Waals surface area (Å²) in [6.45, 7) is 1.98. The molecule has 3 nitrogen and oxygen atoms in total. The maximum atomic E-state index is 12.6. The third-order valence-electron chi connectivity index (χ3n) is 3.48. The van der Waals surface area contributed by atoms with Crippen LogP contribution in [0, 0.1) is 0 Å². The molecule has 0 aliphatic carbocycles. The molecule has 22 heavy (non-hydrogen) atoms. The molecular weight excluding hydrogens is 276 g/mol. The Morgan fingerprint density at radius 1 is 0.909 bits per heavy atom. The van der Waals surface area contributed by atoms with Crippen LogP contribution in [-0.2, 0) is 0 Å². The maximum absolute atomic E-state index is 12.6. The second-order valence-corrected chi connectivity index (χ2v) is 4.85. The molecule has 0 fully saturated rings. The van der Waals surface area contributed by atoms with Crippen LogP contribution in [0.1, 0.15) is 29.3 Å². The van der Waals surface area contributed by atoms with Crippen LogP contribution in [-0.4, -0.2) is 20.0 Å². The SMILES string of the molecule is CC/C(=C/c1ccc(OC)cc1)C(=O)c1ccc(OC)cc1. The van der Waals surface area contributed by atoms with Gasteiger partial charge in [0.15, 0.2) is 5.78 Å². The number of hydrogen-bond donors (Lipinski definition) is 0. The molecule has 0 saturated heterocycles. The first kappa shape index (κ1) is 15.8. The van der Waals surface area contributed by atoms with Gasteiger partial charge in [0.05, 0.1) is 14.2 Å². The third kappa shape index (κ3) is 3.76. The van der Waals surface area contributed by atoms with E-state index in [1.165, 1.54) is 0 Å². The summed E-state index contributed by atoms with van der Waals surface area (Å²) >= 11 is 0. The van der Waals surface area contributed by atoms with Crippen molar-refractivity contribution in [2.45, 2.75) is 13.3 Å². The zero-order valence-corrected chi connectivity index (χ0v) is 13.1. The first-order valence-electron chi connectivity index (χ1n) is 7.21. The minimum Gasteiger partial charge on any atom is -0.497 e. The van der Waals surface area contributed by atoms with E-state index >= 15 is 0 Å². The number of hydrogen-bond acceptors (Lipinski definition) is 3. The molecule has 2 aromatic rings. The molecule has 0 spiro atoms. The fraction of sp³-hybridized carbons (Fsp3) is 0.211. The highest BCUT2D eigenvalue weighted by Crippen LogP contribution is 2.19. The van der Waals surface area contributed by atoms with E-state index in [1.807, 2.05) is 37.3 Å². The monoisotopic (exact) mass is 296 g/mol. The Labute approximate surface area is 131 Å². The zero-order valence-electron chi connectivity index (χ0n) is 13.1. The maximum Gasteiger partial charge on any atom is 0.189 e. The standard InChI is InChI=1S/C19H20O3/c1-4-15(13-14-5-9-17(21-2)10-6-14)19(20)16-7-11-18(22-3)12-8-16/h5-13H,4H2,1-3H3/b15-13-. The fourth-order valence-corrected chi connectivity index (χ4v) is 2.16. The molecule has 114 valence electrons. The molecule has 0 atom stereocenters. The Bertz CT molecular complexity index is 652. The largest absolute Gasteiger partial charge is 0.497 e. The Morgan fingerprint density at radius 3 is 1.86 bits per heavy atom. The van der Waals surface area contributed by atoms with Crippen LogP contribution < -0.4 is 9.47 Å². The number of benzene rings is 2. The normalized spacial score (nSPS) is 11.1. The second-order valence-electron chi connectivity index (χ2n) is 4.85. The van der Waals surface area contributed by atoms with Crippen molar-refractivity contribution in [3.05, 3.63) is 65.2 Å². The molecule has 0 aromatic heterocycles. The van der Waals surface area contributed by atoms with Gasteiger partial charge >= 0.3 is 0 Å². The quantitative estimate of drug-likeness (QED) is 0.586. The van der Waals surface area contributed by atoms with Crippen molar-refractivity contribution in [1.29, 1.82) is 0 Å². The van der Waals surface area contributed by atoms with Crippen molar-refractivity contribution in [2.75, 3.05) is 14.2 Å². The van der Waals surface area contributed by atoms with Gasteiger partial charge in [0.1, 0.15) is 11.5 Å². The van der Waals surface area contributed by atoms with Crippen molar-refractivity contribution < 1.29 is 14.3 Å². The molecule has 2 aromatic carbocycles. The minimum atomic E-state index is 0.0426. The molecule has 0 aliphatic rings. The lowest BCUT2D eigenvalue weighted by Crippen LogP contribution is -2.02. The first-order chi connectivity index (χ1) is 10.7. The summed E-state index contributed by atoms with van der Waals surface area (Å²) in [4.78, 5) is 12.6. The second kappa shape index (κ2) is 7.46. The predicted octanol–water partition coefficient (Wildman–Crippen LogP) is 4.38. The zero-order chi connectivity index (χ0) is 15.9. The van der Waals surface area contributed by atoms with Crippen molar-refractivity contribution in [3.63, 3.8) is 0 Å². The van der Waals surface area contributed by atoms with Crippen LogP contribution >= 0.6 is 0 Å². The van der Waals surface area contributed by atoms with Crippen LogP contribution in [0.25, 0.3) is 6.08 Å². The summed E-state index contributed by atoms with van der Waals surface area (Å²) in [5, 5.41) is 0. The molecule has 2 rings (SSSR count). The van der Waals surface area contributed by atoms with Crippen molar-refractivity contribution in [3.8, 4) is 11.5 Å². The topological polar surface area (TPSA) is 35.5 Å². The summed E-state index contributed by atoms with van der Waals surface area (Å²) in [5.74, 6) is 1.59. The molecule has 0 N–H and O–H groups in total. The Kier molecular flexibility index (Phi) is 5.37. The van der Waals surface area contributed by atoms with E-state index < -0.39 is 0 Å². The molecule has 0 bridgehead atoms. The molecule has 0 unspecified atom stereocenters. The van der Waals surface area contributed by atoms with Gasteiger partial charge < -0.3 is 9.47 Å². The van der Waals surface area contributed by atoms with Crippen LogP contribution in [0.15, 0.2) is 54.1 Å². The molecule has 0 amide bonds. The molecule has 3 heteroatoms. The number of methoxy groups -OCH3 is 2.